The van der Waals surface area contributed by atoms with Crippen molar-refractivity contribution in [3.8, 4) is 16.9 Å². The molecule has 1 amide bonds. The summed E-state index contributed by atoms with van der Waals surface area (Å²) < 4.78 is 10.2. The summed E-state index contributed by atoms with van der Waals surface area (Å²) in [4.78, 5) is 36.2. The third-order valence-electron chi connectivity index (χ3n) is 4.03. The van der Waals surface area contributed by atoms with Crippen LogP contribution in [0.5, 0.6) is 5.75 Å². The molecular formula is C21H23NO5. The van der Waals surface area contributed by atoms with Gasteiger partial charge >= 0.3 is 5.97 Å². The molecule has 0 heterocycles. The van der Waals surface area contributed by atoms with Crippen LogP contribution >= 0.6 is 0 Å². The van der Waals surface area contributed by atoms with Gasteiger partial charge in [0.25, 0.3) is 5.91 Å². The Morgan fingerprint density at radius 1 is 1.15 bits per heavy atom. The Morgan fingerprint density at radius 2 is 1.89 bits per heavy atom. The minimum Gasteiger partial charge on any atom is -0.496 e. The number of hydrogen-bond donors (Lipinski definition) is 1. The van der Waals surface area contributed by atoms with E-state index in [9.17, 15) is 14.4 Å². The van der Waals surface area contributed by atoms with Gasteiger partial charge in [0.1, 0.15) is 5.75 Å². The monoisotopic (exact) mass is 369 g/mol. The number of nitrogens with one attached hydrogen (secondary N) is 1. The van der Waals surface area contributed by atoms with Crippen LogP contribution in [0.3, 0.4) is 0 Å². The highest BCUT2D eigenvalue weighted by molar-refractivity contribution is 6.04. The van der Waals surface area contributed by atoms with Crippen LogP contribution in [-0.2, 0) is 4.74 Å². The molecule has 2 aromatic carbocycles. The van der Waals surface area contributed by atoms with Crippen LogP contribution in [0.15, 0.2) is 36.4 Å². The summed E-state index contributed by atoms with van der Waals surface area (Å²) >= 11 is 0. The Bertz CT molecular complexity index is 858. The number of carbonyl (C=O) groups excluding carboxylic acids is 3. The fourth-order valence-corrected chi connectivity index (χ4v) is 2.69. The molecule has 0 atom stereocenters. The fraction of sp³-hybridized carbons (Fsp3) is 0.286. The molecule has 2 rings (SSSR count). The topological polar surface area (TPSA) is 81.7 Å². The van der Waals surface area contributed by atoms with E-state index in [1.165, 1.54) is 20.3 Å². The number of carbonyl (C=O) groups is 3. The van der Waals surface area contributed by atoms with E-state index in [1.807, 2.05) is 13.8 Å². The summed E-state index contributed by atoms with van der Waals surface area (Å²) in [6, 6.07) is 9.73. The average Bonchev–Trinajstić information content (AvgIpc) is 2.70. The van der Waals surface area contributed by atoms with Gasteiger partial charge in [0.2, 0.25) is 0 Å². The van der Waals surface area contributed by atoms with Crippen LogP contribution in [0.1, 0.15) is 44.9 Å². The highest BCUT2D eigenvalue weighted by Gasteiger charge is 2.21. The maximum atomic E-state index is 12.4. The molecule has 0 fully saturated rings. The number of esters is 1. The van der Waals surface area contributed by atoms with Crippen molar-refractivity contribution < 1.29 is 23.9 Å². The minimum atomic E-state index is -0.605. The maximum absolute atomic E-state index is 12.4. The Balaban J connectivity index is 2.60. The van der Waals surface area contributed by atoms with E-state index in [0.29, 0.717) is 46.8 Å². The number of methoxy groups -OCH3 is 2. The van der Waals surface area contributed by atoms with E-state index >= 15 is 0 Å². The van der Waals surface area contributed by atoms with E-state index in [0.717, 1.165) is 0 Å². The first-order valence-corrected chi connectivity index (χ1v) is 8.56. The number of aldehydes is 1. The molecule has 0 aliphatic carbocycles. The lowest BCUT2D eigenvalue weighted by atomic mass is 9.93. The smallest absolute Gasteiger partial charge is 0.338 e. The zero-order valence-corrected chi connectivity index (χ0v) is 15.9. The van der Waals surface area contributed by atoms with Crippen molar-refractivity contribution in [1.82, 2.24) is 5.32 Å². The summed E-state index contributed by atoms with van der Waals surface area (Å²) in [5, 5.41) is 2.81. The summed E-state index contributed by atoms with van der Waals surface area (Å²) in [5.74, 6) is -0.138. The standard InChI is InChI=1S/C21H23NO5/c1-13(2)11-22-20(24)14-8-9-16(17(10-14)21(25)27-4)19-15(12-23)6-5-7-18(19)26-3/h5-10,12-13H,11H2,1-4H3,(H,22,24). The third-order valence-corrected chi connectivity index (χ3v) is 4.03. The highest BCUT2D eigenvalue weighted by atomic mass is 16.5. The van der Waals surface area contributed by atoms with Gasteiger partial charge in [-0.15, -0.1) is 0 Å². The minimum absolute atomic E-state index is 0.183. The van der Waals surface area contributed by atoms with Crippen LogP contribution in [0, 0.1) is 5.92 Å². The van der Waals surface area contributed by atoms with Gasteiger partial charge in [0.15, 0.2) is 6.29 Å². The van der Waals surface area contributed by atoms with Crippen LogP contribution in [0.2, 0.25) is 0 Å². The number of hydrogen-bond acceptors (Lipinski definition) is 5. The number of benzene rings is 2. The van der Waals surface area contributed by atoms with E-state index in [4.69, 9.17) is 9.47 Å². The third kappa shape index (κ3) is 4.53. The molecule has 0 saturated heterocycles. The van der Waals surface area contributed by atoms with Crippen molar-refractivity contribution in [3.05, 3.63) is 53.1 Å². The van der Waals surface area contributed by atoms with Gasteiger partial charge in [-0.3, -0.25) is 9.59 Å². The lowest BCUT2D eigenvalue weighted by molar-refractivity contribution is 0.0601. The molecule has 0 aliphatic heterocycles. The molecule has 2 aromatic rings. The first-order valence-electron chi connectivity index (χ1n) is 8.56. The van der Waals surface area contributed by atoms with Gasteiger partial charge in [-0.05, 0) is 24.1 Å². The molecule has 0 unspecified atom stereocenters. The lowest BCUT2D eigenvalue weighted by Crippen LogP contribution is -2.27. The van der Waals surface area contributed by atoms with Crippen molar-refractivity contribution >= 4 is 18.2 Å². The number of ether oxygens (including phenoxy) is 2. The Hall–Kier alpha value is -3.15. The predicted octanol–water partition coefficient (Wildman–Crippen LogP) is 3.35. The molecule has 0 saturated carbocycles. The van der Waals surface area contributed by atoms with E-state index in [1.54, 1.807) is 30.3 Å². The highest BCUT2D eigenvalue weighted by Crippen LogP contribution is 2.35. The molecule has 142 valence electrons. The largest absolute Gasteiger partial charge is 0.496 e. The second-order valence-corrected chi connectivity index (χ2v) is 6.40. The Morgan fingerprint density at radius 3 is 2.48 bits per heavy atom. The predicted molar refractivity (Wildman–Crippen MR) is 102 cm³/mol. The van der Waals surface area contributed by atoms with Gasteiger partial charge in [0.05, 0.1) is 19.8 Å². The summed E-state index contributed by atoms with van der Waals surface area (Å²) in [7, 11) is 2.75. The van der Waals surface area contributed by atoms with Crippen molar-refractivity contribution in [1.29, 1.82) is 0 Å². The quantitative estimate of drug-likeness (QED) is 0.598. The fourth-order valence-electron chi connectivity index (χ4n) is 2.69. The van der Waals surface area contributed by atoms with Gasteiger partial charge in [0, 0.05) is 28.8 Å². The van der Waals surface area contributed by atoms with Gasteiger partial charge in [-0.25, -0.2) is 4.79 Å². The van der Waals surface area contributed by atoms with Gasteiger partial charge in [-0.1, -0.05) is 32.0 Å². The lowest BCUT2D eigenvalue weighted by Gasteiger charge is -2.15. The van der Waals surface area contributed by atoms with Crippen LogP contribution in [-0.4, -0.2) is 38.9 Å². The molecule has 0 spiro atoms. The summed E-state index contributed by atoms with van der Waals surface area (Å²) in [5.41, 5.74) is 1.83. The zero-order chi connectivity index (χ0) is 20.0. The molecule has 1 N–H and O–H groups in total. The first kappa shape index (κ1) is 20.2. The molecule has 0 radical (unpaired) electrons. The van der Waals surface area contributed by atoms with Crippen LogP contribution in [0.4, 0.5) is 0 Å². The second kappa shape index (κ2) is 8.98. The summed E-state index contributed by atoms with van der Waals surface area (Å²) in [6.07, 6.45) is 0.697. The molecule has 0 aliphatic rings. The van der Waals surface area contributed by atoms with E-state index in [2.05, 4.69) is 5.32 Å². The average molecular weight is 369 g/mol. The second-order valence-electron chi connectivity index (χ2n) is 6.40. The molecule has 0 bridgehead atoms. The summed E-state index contributed by atoms with van der Waals surface area (Å²) in [6.45, 7) is 4.51. The zero-order valence-electron chi connectivity index (χ0n) is 15.9. The Labute approximate surface area is 158 Å². The van der Waals surface area contributed by atoms with Gasteiger partial charge < -0.3 is 14.8 Å². The van der Waals surface area contributed by atoms with Crippen molar-refractivity contribution in [2.45, 2.75) is 13.8 Å². The Kier molecular flexibility index (Phi) is 6.71. The maximum Gasteiger partial charge on any atom is 0.338 e. The molecule has 27 heavy (non-hydrogen) atoms. The first-order chi connectivity index (χ1) is 12.9. The normalized spacial score (nSPS) is 10.4. The van der Waals surface area contributed by atoms with Crippen molar-refractivity contribution in [2.75, 3.05) is 20.8 Å². The van der Waals surface area contributed by atoms with E-state index < -0.39 is 5.97 Å². The van der Waals surface area contributed by atoms with Crippen molar-refractivity contribution in [3.63, 3.8) is 0 Å². The molecule has 6 heteroatoms. The molecular weight excluding hydrogens is 346 g/mol. The van der Waals surface area contributed by atoms with Crippen molar-refractivity contribution in [2.24, 2.45) is 5.92 Å². The van der Waals surface area contributed by atoms with Crippen LogP contribution in [0.25, 0.3) is 11.1 Å². The van der Waals surface area contributed by atoms with Gasteiger partial charge in [-0.2, -0.15) is 0 Å². The SMILES string of the molecule is COC(=O)c1cc(C(=O)NCC(C)C)ccc1-c1c(C=O)cccc1OC. The number of amides is 1. The van der Waals surface area contributed by atoms with E-state index in [-0.39, 0.29) is 11.5 Å². The molecule has 6 nitrogen and oxygen atoms in total. The molecule has 0 aromatic heterocycles. The number of rotatable bonds is 7. The van der Waals surface area contributed by atoms with Crippen LogP contribution < -0.4 is 10.1 Å².